The van der Waals surface area contributed by atoms with Gasteiger partial charge in [-0.25, -0.2) is 12.7 Å². The van der Waals surface area contributed by atoms with E-state index < -0.39 is 21.5 Å². The van der Waals surface area contributed by atoms with Crippen LogP contribution in [0.2, 0.25) is 0 Å². The fourth-order valence-corrected chi connectivity index (χ4v) is 3.44. The molecule has 0 unspecified atom stereocenters. The highest BCUT2D eigenvalue weighted by atomic mass is 32.2. The van der Waals surface area contributed by atoms with Crippen molar-refractivity contribution in [2.24, 2.45) is 0 Å². The lowest BCUT2D eigenvalue weighted by molar-refractivity contribution is -0.121. The van der Waals surface area contributed by atoms with Gasteiger partial charge in [0, 0.05) is 26.4 Å². The molecule has 2 aromatic rings. The molecule has 2 rings (SSSR count). The minimum Gasteiger partial charge on any atom is -0.491 e. The van der Waals surface area contributed by atoms with Crippen LogP contribution < -0.4 is 15.6 Å². The fourth-order valence-electron chi connectivity index (χ4n) is 2.52. The number of carbonyl (C=O) groups excluding carboxylic acids is 1. The zero-order valence-electron chi connectivity index (χ0n) is 16.4. The van der Waals surface area contributed by atoms with Gasteiger partial charge >= 0.3 is 0 Å². The second kappa shape index (κ2) is 9.03. The quantitative estimate of drug-likeness (QED) is 0.656. The molecule has 0 fully saturated rings. The van der Waals surface area contributed by atoms with Crippen molar-refractivity contribution < 1.29 is 17.9 Å². The second-order valence-electron chi connectivity index (χ2n) is 6.59. The second-order valence-corrected chi connectivity index (χ2v) is 8.74. The number of ether oxygens (including phenoxy) is 1. The summed E-state index contributed by atoms with van der Waals surface area (Å²) in [6.07, 6.45) is 1.17. The van der Waals surface area contributed by atoms with Crippen LogP contribution in [0.15, 0.2) is 46.2 Å². The van der Waals surface area contributed by atoms with Crippen molar-refractivity contribution in [3.8, 4) is 5.75 Å². The number of aromatic nitrogens is 1. The van der Waals surface area contributed by atoms with Crippen molar-refractivity contribution in [1.29, 1.82) is 0 Å². The Labute approximate surface area is 164 Å². The Morgan fingerprint density at radius 3 is 2.54 bits per heavy atom. The maximum atomic E-state index is 12.2. The Bertz CT molecular complexity index is 1010. The van der Waals surface area contributed by atoms with Crippen molar-refractivity contribution in [3.63, 3.8) is 0 Å². The molecule has 1 amide bonds. The zero-order valence-corrected chi connectivity index (χ0v) is 17.2. The Hall–Kier alpha value is -2.65. The van der Waals surface area contributed by atoms with E-state index in [0.29, 0.717) is 0 Å². The van der Waals surface area contributed by atoms with Gasteiger partial charge in [0.05, 0.1) is 11.4 Å². The lowest BCUT2D eigenvalue weighted by Gasteiger charge is -2.13. The molecular formula is C19H25N3O5S. The van der Waals surface area contributed by atoms with Crippen LogP contribution in [-0.4, -0.2) is 50.4 Å². The van der Waals surface area contributed by atoms with Gasteiger partial charge in [-0.05, 0) is 31.5 Å². The van der Waals surface area contributed by atoms with Gasteiger partial charge < -0.3 is 14.6 Å². The summed E-state index contributed by atoms with van der Waals surface area (Å²) in [4.78, 5) is 24.0. The maximum absolute atomic E-state index is 12.2. The summed E-state index contributed by atoms with van der Waals surface area (Å²) in [5, 5.41) is 2.66. The lowest BCUT2D eigenvalue weighted by atomic mass is 10.1. The van der Waals surface area contributed by atoms with E-state index in [1.807, 2.05) is 32.0 Å². The number of benzene rings is 1. The Kier molecular flexibility index (Phi) is 6.98. The van der Waals surface area contributed by atoms with E-state index in [9.17, 15) is 18.0 Å². The first-order valence-corrected chi connectivity index (χ1v) is 10.1. The summed E-state index contributed by atoms with van der Waals surface area (Å²) < 4.78 is 32.1. The Balaban J connectivity index is 1.93. The molecule has 0 aliphatic rings. The maximum Gasteiger partial charge on any atom is 0.251 e. The molecule has 0 saturated heterocycles. The Morgan fingerprint density at radius 1 is 1.18 bits per heavy atom. The number of hydrogen-bond donors (Lipinski definition) is 1. The third-order valence-corrected chi connectivity index (χ3v) is 5.86. The van der Waals surface area contributed by atoms with Crippen LogP contribution in [0.5, 0.6) is 5.75 Å². The molecule has 8 nitrogen and oxygen atoms in total. The summed E-state index contributed by atoms with van der Waals surface area (Å²) in [5.41, 5.74) is 1.69. The largest absolute Gasteiger partial charge is 0.491 e. The molecule has 0 aliphatic heterocycles. The normalized spacial score (nSPS) is 11.5. The van der Waals surface area contributed by atoms with Gasteiger partial charge in [-0.3, -0.25) is 9.59 Å². The highest BCUT2D eigenvalue weighted by Gasteiger charge is 2.18. The third-order valence-electron chi connectivity index (χ3n) is 4.06. The minimum atomic E-state index is -3.69. The molecule has 28 heavy (non-hydrogen) atoms. The zero-order chi connectivity index (χ0) is 20.9. The van der Waals surface area contributed by atoms with E-state index in [4.69, 9.17) is 4.74 Å². The number of aryl methyl sites for hydroxylation is 2. The first-order chi connectivity index (χ1) is 13.1. The van der Waals surface area contributed by atoms with Gasteiger partial charge in [-0.15, -0.1) is 0 Å². The molecule has 1 N–H and O–H groups in total. The van der Waals surface area contributed by atoms with Crippen molar-refractivity contribution >= 4 is 15.9 Å². The van der Waals surface area contributed by atoms with Crippen LogP contribution in [0.3, 0.4) is 0 Å². The van der Waals surface area contributed by atoms with E-state index in [-0.39, 0.29) is 24.6 Å². The van der Waals surface area contributed by atoms with Crippen molar-refractivity contribution in [3.05, 3.63) is 58.0 Å². The molecule has 0 spiro atoms. The number of pyridine rings is 1. The fraction of sp³-hybridized carbons (Fsp3) is 0.368. The minimum absolute atomic E-state index is 0.0527. The molecule has 0 aliphatic carbocycles. The van der Waals surface area contributed by atoms with Gasteiger partial charge in [0.1, 0.15) is 18.9 Å². The van der Waals surface area contributed by atoms with Gasteiger partial charge in [0.25, 0.3) is 5.56 Å². The predicted octanol–water partition coefficient (Wildman–Crippen LogP) is 0.911. The van der Waals surface area contributed by atoms with Gasteiger partial charge in [0.2, 0.25) is 15.9 Å². The average Bonchev–Trinajstić information content (AvgIpc) is 2.61. The summed E-state index contributed by atoms with van der Waals surface area (Å²) in [5.74, 6) is 0.336. The smallest absolute Gasteiger partial charge is 0.251 e. The molecule has 0 bridgehead atoms. The van der Waals surface area contributed by atoms with Crippen LogP contribution >= 0.6 is 0 Å². The molecule has 0 atom stereocenters. The summed E-state index contributed by atoms with van der Waals surface area (Å²) >= 11 is 0. The highest BCUT2D eigenvalue weighted by molar-refractivity contribution is 7.89. The topological polar surface area (TPSA) is 97.7 Å². The molecular weight excluding hydrogens is 382 g/mol. The van der Waals surface area contributed by atoms with Gasteiger partial charge in [-0.2, -0.15) is 0 Å². The van der Waals surface area contributed by atoms with Crippen LogP contribution in [0, 0.1) is 13.8 Å². The molecule has 152 valence electrons. The van der Waals surface area contributed by atoms with Crippen molar-refractivity contribution in [2.75, 3.05) is 27.2 Å². The van der Waals surface area contributed by atoms with E-state index in [0.717, 1.165) is 31.8 Å². The van der Waals surface area contributed by atoms with E-state index in [2.05, 4.69) is 5.32 Å². The molecule has 0 radical (unpaired) electrons. The van der Waals surface area contributed by atoms with Gasteiger partial charge in [0.15, 0.2) is 0 Å². The number of carbonyl (C=O) groups is 1. The number of amides is 1. The third kappa shape index (κ3) is 5.43. The Morgan fingerprint density at radius 2 is 1.89 bits per heavy atom. The van der Waals surface area contributed by atoms with Crippen LogP contribution in [0.4, 0.5) is 0 Å². The summed E-state index contributed by atoms with van der Waals surface area (Å²) in [7, 11) is -0.897. The monoisotopic (exact) mass is 407 g/mol. The predicted molar refractivity (Wildman–Crippen MR) is 106 cm³/mol. The van der Waals surface area contributed by atoms with Crippen LogP contribution in [-0.2, 0) is 21.4 Å². The van der Waals surface area contributed by atoms with E-state index >= 15 is 0 Å². The lowest BCUT2D eigenvalue weighted by Crippen LogP contribution is -2.34. The number of hydrogen-bond acceptors (Lipinski definition) is 5. The SMILES string of the molecule is Cc1ccc(OCCNC(=O)Cn2cc(S(=O)(=O)N(C)C)ccc2=O)c(C)c1. The van der Waals surface area contributed by atoms with Crippen molar-refractivity contribution in [1.82, 2.24) is 14.2 Å². The number of rotatable bonds is 8. The summed E-state index contributed by atoms with van der Waals surface area (Å²) in [6.45, 7) is 4.20. The number of nitrogens with one attached hydrogen (secondary N) is 1. The van der Waals surface area contributed by atoms with Crippen molar-refractivity contribution in [2.45, 2.75) is 25.3 Å². The standard InChI is InChI=1S/C19H25N3O5S/c1-14-5-7-17(15(2)11-14)27-10-9-20-18(23)13-22-12-16(6-8-19(22)24)28(25,26)21(3)4/h5-8,11-12H,9-10,13H2,1-4H3,(H,20,23). The molecule has 9 heteroatoms. The number of sulfonamides is 1. The van der Waals surface area contributed by atoms with E-state index in [1.165, 1.54) is 26.4 Å². The first kappa shape index (κ1) is 21.6. The molecule has 1 heterocycles. The summed E-state index contributed by atoms with van der Waals surface area (Å²) in [6, 6.07) is 8.19. The van der Waals surface area contributed by atoms with Crippen LogP contribution in [0.1, 0.15) is 11.1 Å². The average molecular weight is 407 g/mol. The highest BCUT2D eigenvalue weighted by Crippen LogP contribution is 2.18. The van der Waals surface area contributed by atoms with E-state index in [1.54, 1.807) is 0 Å². The molecule has 1 aromatic carbocycles. The molecule has 0 saturated carbocycles. The molecule has 1 aromatic heterocycles. The van der Waals surface area contributed by atoms with Crippen LogP contribution in [0.25, 0.3) is 0 Å². The number of nitrogens with zero attached hydrogens (tertiary/aromatic N) is 2. The van der Waals surface area contributed by atoms with Gasteiger partial charge in [-0.1, -0.05) is 17.7 Å². The first-order valence-electron chi connectivity index (χ1n) is 8.71.